The van der Waals surface area contributed by atoms with Gasteiger partial charge in [-0.3, -0.25) is 4.90 Å². The first-order valence-corrected chi connectivity index (χ1v) is 9.33. The molecule has 0 aromatic heterocycles. The highest BCUT2D eigenvalue weighted by Gasteiger charge is 2.56. The molecule has 0 aliphatic carbocycles. The lowest BCUT2D eigenvalue weighted by atomic mass is 10.2. The second kappa shape index (κ2) is 4.21. The van der Waals surface area contributed by atoms with Crippen LogP contribution in [0, 0.1) is 0 Å². The number of carboxylic acid groups (broad SMARTS) is 1. The van der Waals surface area contributed by atoms with Gasteiger partial charge in [-0.05, 0) is 18.1 Å². The quantitative estimate of drug-likeness (QED) is 0.632. The average Bonchev–Trinajstić information content (AvgIpc) is 2.87. The molecule has 0 aromatic rings. The lowest BCUT2D eigenvalue weighted by Gasteiger charge is -2.37. The first-order valence-electron chi connectivity index (χ1n) is 6.42. The Morgan fingerprint density at radius 3 is 2.61 bits per heavy atom. The topological polar surface area (TPSA) is 62.3 Å². The fourth-order valence-electron chi connectivity index (χ4n) is 2.06. The molecule has 2 rings (SSSR count). The van der Waals surface area contributed by atoms with E-state index in [1.807, 2.05) is 0 Å². The largest absolute Gasteiger partial charge is 0.465 e. The Balaban J connectivity index is 1.95. The molecule has 1 N–H and O–H groups in total. The molecule has 2 saturated heterocycles. The molecule has 2 fully saturated rings. The molecule has 0 bridgehead atoms. The molecule has 0 saturated carbocycles. The molecular formula is C12H23NO4Si. The standard InChI is InChI=1S/C12H23NO4Si/c1-12(2,3)18(4,5)16-7-8-10-9(17-10)6-13(8)11(14)15/h8-10H,6-7H2,1-5H3,(H,14,15). The van der Waals surface area contributed by atoms with Gasteiger partial charge in [0.15, 0.2) is 8.32 Å². The maximum absolute atomic E-state index is 11.1. The third-order valence-electron chi connectivity index (χ3n) is 4.44. The summed E-state index contributed by atoms with van der Waals surface area (Å²) in [5, 5.41) is 9.28. The van der Waals surface area contributed by atoms with Crippen molar-refractivity contribution in [3.05, 3.63) is 0 Å². The number of hydrogen-bond acceptors (Lipinski definition) is 3. The maximum atomic E-state index is 11.1. The highest BCUT2D eigenvalue weighted by molar-refractivity contribution is 6.74. The molecule has 1 amide bonds. The summed E-state index contributed by atoms with van der Waals surface area (Å²) in [6.45, 7) is 11.9. The number of morpholine rings is 1. The van der Waals surface area contributed by atoms with E-state index in [0.29, 0.717) is 13.2 Å². The van der Waals surface area contributed by atoms with Gasteiger partial charge in [0.05, 0.1) is 19.2 Å². The number of hydrogen-bond donors (Lipinski definition) is 1. The Bertz CT molecular complexity index is 352. The monoisotopic (exact) mass is 273 g/mol. The summed E-state index contributed by atoms with van der Waals surface area (Å²) in [4.78, 5) is 12.6. The lowest BCUT2D eigenvalue weighted by Crippen LogP contribution is -2.47. The third-order valence-corrected chi connectivity index (χ3v) is 8.95. The minimum atomic E-state index is -1.82. The molecule has 6 heteroatoms. The first kappa shape index (κ1) is 13.8. The molecule has 0 radical (unpaired) electrons. The van der Waals surface area contributed by atoms with Crippen molar-refractivity contribution in [2.45, 2.75) is 57.2 Å². The summed E-state index contributed by atoms with van der Waals surface area (Å²) in [5.41, 5.74) is 0. The molecule has 104 valence electrons. The van der Waals surface area contributed by atoms with E-state index >= 15 is 0 Å². The molecule has 0 spiro atoms. The van der Waals surface area contributed by atoms with E-state index in [9.17, 15) is 4.79 Å². The number of epoxide rings is 1. The number of likely N-dealkylation sites (tertiary alicyclic amines) is 1. The minimum absolute atomic E-state index is 0.0610. The predicted octanol–water partition coefficient (Wildman–Crippen LogP) is 2.14. The van der Waals surface area contributed by atoms with Crippen LogP contribution < -0.4 is 0 Å². The van der Waals surface area contributed by atoms with Crippen LogP contribution in [-0.4, -0.2) is 55.8 Å². The van der Waals surface area contributed by atoms with Gasteiger partial charge in [-0.15, -0.1) is 0 Å². The summed E-state index contributed by atoms with van der Waals surface area (Å²) in [7, 11) is -1.82. The Morgan fingerprint density at radius 2 is 2.11 bits per heavy atom. The zero-order chi connectivity index (χ0) is 13.7. The van der Waals surface area contributed by atoms with Crippen molar-refractivity contribution in [1.82, 2.24) is 4.90 Å². The van der Waals surface area contributed by atoms with Crippen molar-refractivity contribution in [2.75, 3.05) is 13.2 Å². The summed E-state index contributed by atoms with van der Waals surface area (Å²) in [6.07, 6.45) is -0.699. The van der Waals surface area contributed by atoms with E-state index in [4.69, 9.17) is 14.3 Å². The SMILES string of the molecule is CC(C)(C)[Si](C)(C)OCC1C2OC2CN1C(=O)O. The maximum Gasteiger partial charge on any atom is 0.407 e. The molecular weight excluding hydrogens is 250 g/mol. The highest BCUT2D eigenvalue weighted by Crippen LogP contribution is 2.40. The van der Waals surface area contributed by atoms with Crippen molar-refractivity contribution in [2.24, 2.45) is 0 Å². The molecule has 3 atom stereocenters. The lowest BCUT2D eigenvalue weighted by molar-refractivity contribution is 0.0822. The van der Waals surface area contributed by atoms with E-state index < -0.39 is 14.4 Å². The number of fused-ring (bicyclic) bond motifs is 1. The van der Waals surface area contributed by atoms with Crippen LogP contribution in [-0.2, 0) is 9.16 Å². The van der Waals surface area contributed by atoms with Gasteiger partial charge in [-0.25, -0.2) is 4.79 Å². The van der Waals surface area contributed by atoms with Gasteiger partial charge in [0.25, 0.3) is 0 Å². The van der Waals surface area contributed by atoms with Gasteiger partial charge in [-0.1, -0.05) is 20.8 Å². The fraction of sp³-hybridized carbons (Fsp3) is 0.917. The minimum Gasteiger partial charge on any atom is -0.465 e. The molecule has 2 aliphatic heterocycles. The van der Waals surface area contributed by atoms with Crippen LogP contribution in [0.25, 0.3) is 0 Å². The van der Waals surface area contributed by atoms with Crippen molar-refractivity contribution in [3.63, 3.8) is 0 Å². The predicted molar refractivity (Wildman–Crippen MR) is 70.3 cm³/mol. The number of amides is 1. The van der Waals surface area contributed by atoms with Crippen molar-refractivity contribution >= 4 is 14.4 Å². The Labute approximate surface area is 109 Å². The summed E-state index contributed by atoms with van der Waals surface area (Å²) in [5.74, 6) is 0. The van der Waals surface area contributed by atoms with E-state index in [0.717, 1.165) is 0 Å². The third kappa shape index (κ3) is 2.41. The van der Waals surface area contributed by atoms with Gasteiger partial charge in [0.2, 0.25) is 0 Å². The molecule has 3 unspecified atom stereocenters. The van der Waals surface area contributed by atoms with Gasteiger partial charge in [0, 0.05) is 0 Å². The zero-order valence-corrected chi connectivity index (χ0v) is 12.8. The van der Waals surface area contributed by atoms with Crippen LogP contribution >= 0.6 is 0 Å². The van der Waals surface area contributed by atoms with E-state index in [1.54, 1.807) is 0 Å². The molecule has 5 nitrogen and oxygen atoms in total. The van der Waals surface area contributed by atoms with E-state index in [1.165, 1.54) is 4.90 Å². The summed E-state index contributed by atoms with van der Waals surface area (Å²) >= 11 is 0. The first-order chi connectivity index (χ1) is 8.13. The van der Waals surface area contributed by atoms with E-state index in [-0.39, 0.29) is 23.3 Å². The average molecular weight is 273 g/mol. The van der Waals surface area contributed by atoms with Crippen LogP contribution in [0.1, 0.15) is 20.8 Å². The Hall–Kier alpha value is -0.593. The van der Waals surface area contributed by atoms with Crippen molar-refractivity contribution in [1.29, 1.82) is 0 Å². The van der Waals surface area contributed by atoms with E-state index in [2.05, 4.69) is 33.9 Å². The van der Waals surface area contributed by atoms with Crippen LogP contribution in [0.3, 0.4) is 0 Å². The van der Waals surface area contributed by atoms with Crippen molar-refractivity contribution in [3.8, 4) is 0 Å². The normalized spacial score (nSPS) is 31.4. The Kier molecular flexibility index (Phi) is 3.24. The molecule has 0 aromatic carbocycles. The summed E-state index contributed by atoms with van der Waals surface area (Å²) in [6, 6.07) is -0.123. The van der Waals surface area contributed by atoms with Gasteiger partial charge >= 0.3 is 6.09 Å². The fourth-order valence-corrected chi connectivity index (χ4v) is 3.08. The zero-order valence-electron chi connectivity index (χ0n) is 11.8. The van der Waals surface area contributed by atoms with Crippen LogP contribution in [0.15, 0.2) is 0 Å². The van der Waals surface area contributed by atoms with Crippen LogP contribution in [0.2, 0.25) is 18.1 Å². The second-order valence-electron chi connectivity index (χ2n) is 6.71. The number of carbonyl (C=O) groups is 1. The summed E-state index contributed by atoms with van der Waals surface area (Å²) < 4.78 is 11.5. The smallest absolute Gasteiger partial charge is 0.407 e. The molecule has 2 heterocycles. The van der Waals surface area contributed by atoms with Crippen LogP contribution in [0.5, 0.6) is 0 Å². The Morgan fingerprint density at radius 1 is 1.50 bits per heavy atom. The number of rotatable bonds is 3. The highest BCUT2D eigenvalue weighted by atomic mass is 28.4. The van der Waals surface area contributed by atoms with Crippen LogP contribution in [0.4, 0.5) is 4.79 Å². The van der Waals surface area contributed by atoms with Gasteiger partial charge in [-0.2, -0.15) is 0 Å². The second-order valence-corrected chi connectivity index (χ2v) is 11.5. The van der Waals surface area contributed by atoms with Gasteiger partial charge < -0.3 is 14.3 Å². The number of ether oxygens (including phenoxy) is 1. The number of nitrogens with zero attached hydrogens (tertiary/aromatic N) is 1. The van der Waals surface area contributed by atoms with Gasteiger partial charge in [0.1, 0.15) is 12.2 Å². The molecule has 2 aliphatic rings. The van der Waals surface area contributed by atoms with Crippen molar-refractivity contribution < 1.29 is 19.1 Å². The molecule has 18 heavy (non-hydrogen) atoms.